The van der Waals surface area contributed by atoms with E-state index in [1.54, 1.807) is 12.1 Å². The van der Waals surface area contributed by atoms with E-state index in [2.05, 4.69) is 0 Å². The maximum Gasteiger partial charge on any atom is 0.167 e. The second kappa shape index (κ2) is 8.72. The summed E-state index contributed by atoms with van der Waals surface area (Å²) >= 11 is 12.2. The van der Waals surface area contributed by atoms with E-state index in [1.165, 1.54) is 12.1 Å². The summed E-state index contributed by atoms with van der Waals surface area (Å²) in [6.07, 6.45) is 5.88. The summed E-state index contributed by atoms with van der Waals surface area (Å²) in [5, 5.41) is 11.5. The minimum absolute atomic E-state index is 0.0189. The van der Waals surface area contributed by atoms with E-state index >= 15 is 0 Å². The van der Waals surface area contributed by atoms with Gasteiger partial charge in [-0.15, -0.1) is 0 Å². The van der Waals surface area contributed by atoms with Crippen LogP contribution < -0.4 is 0 Å². The number of hydrogen-bond acceptors (Lipinski definition) is 2. The van der Waals surface area contributed by atoms with Crippen LogP contribution in [0.4, 0.5) is 4.39 Å². The molecule has 0 heterocycles. The van der Waals surface area contributed by atoms with E-state index in [1.807, 2.05) is 13.0 Å². The first-order chi connectivity index (χ1) is 14.4. The molecule has 0 unspecified atom stereocenters. The van der Waals surface area contributed by atoms with Crippen LogP contribution in [0.25, 0.3) is 16.7 Å². The normalized spacial score (nSPS) is 24.5. The number of aliphatic hydroxyl groups is 1. The summed E-state index contributed by atoms with van der Waals surface area (Å²) in [7, 11) is 0. The summed E-state index contributed by atoms with van der Waals surface area (Å²) in [5.41, 5.74) is 2.85. The van der Waals surface area contributed by atoms with Gasteiger partial charge < -0.3 is 5.11 Å². The van der Waals surface area contributed by atoms with Gasteiger partial charge in [0.15, 0.2) is 5.78 Å². The van der Waals surface area contributed by atoms with E-state index < -0.39 is 5.82 Å². The highest BCUT2D eigenvalue weighted by Gasteiger charge is 2.31. The Balaban J connectivity index is 1.87. The van der Waals surface area contributed by atoms with Gasteiger partial charge in [0.2, 0.25) is 0 Å². The second-order valence-electron chi connectivity index (χ2n) is 8.51. The average molecular weight is 447 g/mol. The average Bonchev–Trinajstić information content (AvgIpc) is 2.78. The molecule has 5 rings (SSSR count). The van der Waals surface area contributed by atoms with Crippen LogP contribution in [-0.2, 0) is 11.2 Å². The predicted molar refractivity (Wildman–Crippen MR) is 120 cm³/mol. The number of aryl methyl sites for hydroxylation is 1. The molecule has 1 saturated carbocycles. The largest absolute Gasteiger partial charge is 0.512 e. The first-order valence-corrected chi connectivity index (χ1v) is 11.4. The van der Waals surface area contributed by atoms with Crippen LogP contribution in [0.2, 0.25) is 10.0 Å². The molecule has 0 spiro atoms. The van der Waals surface area contributed by atoms with Gasteiger partial charge in [-0.2, -0.15) is 0 Å². The highest BCUT2D eigenvalue weighted by Crippen LogP contribution is 2.41. The molecule has 0 saturated heterocycles. The van der Waals surface area contributed by atoms with E-state index in [9.17, 15) is 14.3 Å². The second-order valence-corrected chi connectivity index (χ2v) is 9.35. The third-order valence-corrected chi connectivity index (χ3v) is 7.06. The van der Waals surface area contributed by atoms with Crippen molar-refractivity contribution in [1.82, 2.24) is 0 Å². The standard InChI is InChI=1S/C25H25Cl2FO2/c1-2-16-7-8-17(24-20(27)12-18(26)13-21(24)28)11-19(16)25-22(29)9-14-3-4-15(6-5-14)10-23(25)30/h7-8,11-15,29H,2-6,9-10H2,1H3/b25-22+/t14-,15+. The fourth-order valence-electron chi connectivity index (χ4n) is 4.94. The Morgan fingerprint density at radius 2 is 1.70 bits per heavy atom. The summed E-state index contributed by atoms with van der Waals surface area (Å²) in [6, 6.07) is 8.23. The topological polar surface area (TPSA) is 37.3 Å². The SMILES string of the molecule is CCc1ccc(-c2c(F)cc(Cl)cc2Cl)cc1/C1=C(\O)C[C@H]2CC[C@H](CC2)CC1=O. The van der Waals surface area contributed by atoms with Crippen molar-refractivity contribution in [3.63, 3.8) is 0 Å². The van der Waals surface area contributed by atoms with Crippen molar-refractivity contribution in [3.05, 3.63) is 63.1 Å². The van der Waals surface area contributed by atoms with Crippen molar-refractivity contribution < 1.29 is 14.3 Å². The van der Waals surface area contributed by atoms with Crippen molar-refractivity contribution in [2.45, 2.75) is 51.9 Å². The molecule has 2 bridgehead atoms. The number of allylic oxidation sites excluding steroid dienone is 2. The van der Waals surface area contributed by atoms with Gasteiger partial charge in [-0.05, 0) is 78.8 Å². The molecule has 0 aromatic heterocycles. The third kappa shape index (κ3) is 4.15. The van der Waals surface area contributed by atoms with Crippen molar-refractivity contribution in [3.8, 4) is 11.1 Å². The molecule has 1 N–H and O–H groups in total. The van der Waals surface area contributed by atoms with Gasteiger partial charge in [-0.25, -0.2) is 4.39 Å². The molecule has 158 valence electrons. The van der Waals surface area contributed by atoms with Gasteiger partial charge in [-0.3, -0.25) is 4.79 Å². The summed E-state index contributed by atoms with van der Waals surface area (Å²) in [5.74, 6) is 0.431. The van der Waals surface area contributed by atoms with E-state index in [-0.39, 0.29) is 27.2 Å². The number of ketones is 1. The van der Waals surface area contributed by atoms with Crippen LogP contribution in [-0.4, -0.2) is 10.9 Å². The fourth-order valence-corrected chi connectivity index (χ4v) is 5.51. The predicted octanol–water partition coefficient (Wildman–Crippen LogP) is 7.80. The molecule has 5 heteroatoms. The highest BCUT2D eigenvalue weighted by atomic mass is 35.5. The maximum atomic E-state index is 14.7. The van der Waals surface area contributed by atoms with Gasteiger partial charge in [0.25, 0.3) is 0 Å². The number of Topliss-reactive ketones (excluding diaryl/α,β-unsaturated/α-hetero) is 1. The van der Waals surface area contributed by atoms with Gasteiger partial charge in [0.1, 0.15) is 11.6 Å². The van der Waals surface area contributed by atoms with Gasteiger partial charge >= 0.3 is 0 Å². The fraction of sp³-hybridized carbons (Fsp3) is 0.400. The minimum atomic E-state index is -0.514. The quantitative estimate of drug-likeness (QED) is 0.521. The lowest BCUT2D eigenvalue weighted by molar-refractivity contribution is -0.114. The molecule has 0 atom stereocenters. The van der Waals surface area contributed by atoms with Gasteiger partial charge in [0.05, 0.1) is 10.6 Å². The Labute approximate surface area is 186 Å². The number of carbonyl (C=O) groups excluding carboxylic acids is 1. The molecule has 2 nitrogen and oxygen atoms in total. The molecular weight excluding hydrogens is 422 g/mol. The molecule has 30 heavy (non-hydrogen) atoms. The Morgan fingerprint density at radius 3 is 2.33 bits per heavy atom. The molecule has 0 radical (unpaired) electrons. The first kappa shape index (κ1) is 21.4. The third-order valence-electron chi connectivity index (χ3n) is 6.55. The zero-order chi connectivity index (χ0) is 21.4. The highest BCUT2D eigenvalue weighted by molar-refractivity contribution is 6.36. The number of rotatable bonds is 3. The smallest absolute Gasteiger partial charge is 0.167 e. The van der Waals surface area contributed by atoms with Crippen LogP contribution in [0.1, 0.15) is 56.6 Å². The summed E-state index contributed by atoms with van der Waals surface area (Å²) in [4.78, 5) is 13.3. The van der Waals surface area contributed by atoms with Gasteiger partial charge in [-0.1, -0.05) is 42.3 Å². The Bertz CT molecular complexity index is 997. The number of aliphatic hydroxyl groups excluding tert-OH is 1. The molecule has 2 aromatic rings. The molecule has 0 aliphatic heterocycles. The van der Waals surface area contributed by atoms with Crippen LogP contribution in [0.15, 0.2) is 36.1 Å². The molecule has 3 aliphatic rings. The van der Waals surface area contributed by atoms with Gasteiger partial charge in [0, 0.05) is 23.4 Å². The summed E-state index contributed by atoms with van der Waals surface area (Å²) < 4.78 is 14.7. The number of halogens is 3. The van der Waals surface area contributed by atoms with Crippen LogP contribution in [0.3, 0.4) is 0 Å². The monoisotopic (exact) mass is 446 g/mol. The Hall–Kier alpha value is -1.84. The van der Waals surface area contributed by atoms with Crippen LogP contribution in [0.5, 0.6) is 0 Å². The van der Waals surface area contributed by atoms with Crippen molar-refractivity contribution in [2.24, 2.45) is 11.8 Å². The molecule has 0 amide bonds. The van der Waals surface area contributed by atoms with Crippen LogP contribution in [0, 0.1) is 17.7 Å². The van der Waals surface area contributed by atoms with E-state index in [0.29, 0.717) is 47.8 Å². The zero-order valence-corrected chi connectivity index (χ0v) is 18.5. The Kier molecular flexibility index (Phi) is 6.22. The van der Waals surface area contributed by atoms with Crippen LogP contribution >= 0.6 is 23.2 Å². The first-order valence-electron chi connectivity index (χ1n) is 10.6. The molecule has 2 aromatic carbocycles. The molecule has 3 aliphatic carbocycles. The number of fused-ring (bicyclic) bond motifs is 5. The summed E-state index contributed by atoms with van der Waals surface area (Å²) in [6.45, 7) is 2.01. The minimum Gasteiger partial charge on any atom is -0.512 e. The zero-order valence-electron chi connectivity index (χ0n) is 17.0. The van der Waals surface area contributed by atoms with E-state index in [4.69, 9.17) is 23.2 Å². The Morgan fingerprint density at radius 1 is 1.03 bits per heavy atom. The van der Waals surface area contributed by atoms with Crippen molar-refractivity contribution in [2.75, 3.05) is 0 Å². The molecular formula is C25H25Cl2FO2. The van der Waals surface area contributed by atoms with Crippen molar-refractivity contribution in [1.29, 1.82) is 0 Å². The lowest BCUT2D eigenvalue weighted by Gasteiger charge is -2.26. The molecule has 1 fully saturated rings. The maximum absolute atomic E-state index is 14.7. The lowest BCUT2D eigenvalue weighted by Crippen LogP contribution is -2.15. The number of carbonyl (C=O) groups is 1. The van der Waals surface area contributed by atoms with E-state index in [0.717, 1.165) is 31.2 Å². The van der Waals surface area contributed by atoms with Crippen molar-refractivity contribution >= 4 is 34.6 Å². The number of hydrogen-bond donors (Lipinski definition) is 1. The number of benzene rings is 2. The lowest BCUT2D eigenvalue weighted by atomic mass is 9.79.